The van der Waals surface area contributed by atoms with Crippen LogP contribution in [-0.4, -0.2) is 9.97 Å². The number of aromatic amines is 1. The van der Waals surface area contributed by atoms with E-state index in [0.29, 0.717) is 11.2 Å². The third kappa shape index (κ3) is 1.63. The molecular weight excluding hydrogens is 216 g/mol. The van der Waals surface area contributed by atoms with Gasteiger partial charge in [0.2, 0.25) is 5.71 Å². The first-order valence-corrected chi connectivity index (χ1v) is 5.30. The summed E-state index contributed by atoms with van der Waals surface area (Å²) in [6, 6.07) is 11.8. The molecule has 0 aliphatic carbocycles. The molecule has 4 nitrogen and oxygen atoms in total. The molecule has 0 bridgehead atoms. The van der Waals surface area contributed by atoms with Crippen molar-refractivity contribution >= 4 is 11.2 Å². The first kappa shape index (κ1) is 9.84. The van der Waals surface area contributed by atoms with E-state index in [1.807, 2.05) is 43.3 Å². The second-order valence-electron chi connectivity index (χ2n) is 3.87. The van der Waals surface area contributed by atoms with Crippen LogP contribution in [0.2, 0.25) is 0 Å². The Kier molecular flexibility index (Phi) is 2.08. The maximum atomic E-state index is 11.2. The van der Waals surface area contributed by atoms with Crippen LogP contribution in [-0.2, 0) is 0 Å². The third-order valence-corrected chi connectivity index (χ3v) is 2.62. The fourth-order valence-electron chi connectivity index (χ4n) is 1.90. The number of aromatic nitrogens is 2. The summed E-state index contributed by atoms with van der Waals surface area (Å²) in [6.07, 6.45) is 0. The number of hydrogen-bond donors (Lipinski definition) is 1. The fourth-order valence-corrected chi connectivity index (χ4v) is 1.90. The molecule has 0 atom stereocenters. The molecule has 2 heterocycles. The Balaban J connectivity index is 2.39. The van der Waals surface area contributed by atoms with Gasteiger partial charge >= 0.3 is 5.76 Å². The zero-order chi connectivity index (χ0) is 11.8. The summed E-state index contributed by atoms with van der Waals surface area (Å²) in [5.74, 6) is -0.477. The molecule has 17 heavy (non-hydrogen) atoms. The number of aryl methyl sites for hydroxylation is 1. The first-order valence-electron chi connectivity index (χ1n) is 5.30. The number of pyridine rings is 1. The molecule has 0 unspecified atom stereocenters. The van der Waals surface area contributed by atoms with Crippen molar-refractivity contribution in [1.29, 1.82) is 0 Å². The topological polar surface area (TPSA) is 58.9 Å². The van der Waals surface area contributed by atoms with Gasteiger partial charge in [-0.2, -0.15) is 0 Å². The molecule has 0 aliphatic heterocycles. The number of nitrogens with one attached hydrogen (secondary N) is 1. The lowest BCUT2D eigenvalue weighted by atomic mass is 10.1. The highest BCUT2D eigenvalue weighted by Gasteiger charge is 2.10. The van der Waals surface area contributed by atoms with Crippen LogP contribution in [0.4, 0.5) is 0 Å². The van der Waals surface area contributed by atoms with Gasteiger partial charge in [0.1, 0.15) is 5.52 Å². The van der Waals surface area contributed by atoms with E-state index in [0.717, 1.165) is 16.8 Å². The Labute approximate surface area is 96.9 Å². The predicted molar refractivity (Wildman–Crippen MR) is 64.8 cm³/mol. The lowest BCUT2D eigenvalue weighted by molar-refractivity contribution is 0.545. The molecule has 3 rings (SSSR count). The maximum absolute atomic E-state index is 11.2. The van der Waals surface area contributed by atoms with Crippen molar-refractivity contribution in [3.8, 4) is 11.1 Å². The first-order chi connectivity index (χ1) is 8.24. The molecular formula is C13H10N2O2. The molecule has 0 aliphatic rings. The number of nitrogens with zero attached hydrogens (tertiary/aromatic N) is 1. The summed E-state index contributed by atoms with van der Waals surface area (Å²) in [4.78, 5) is 18.1. The monoisotopic (exact) mass is 226 g/mol. The van der Waals surface area contributed by atoms with Crippen molar-refractivity contribution in [2.75, 3.05) is 0 Å². The largest absolute Gasteiger partial charge is 0.418 e. The minimum Gasteiger partial charge on any atom is -0.389 e. The van der Waals surface area contributed by atoms with E-state index < -0.39 is 5.76 Å². The third-order valence-electron chi connectivity index (χ3n) is 2.62. The van der Waals surface area contributed by atoms with Gasteiger partial charge in [-0.15, -0.1) is 0 Å². The molecule has 0 fully saturated rings. The number of H-pyrrole nitrogens is 1. The van der Waals surface area contributed by atoms with Gasteiger partial charge in [0.25, 0.3) is 0 Å². The molecule has 2 aromatic heterocycles. The van der Waals surface area contributed by atoms with Crippen molar-refractivity contribution in [2.45, 2.75) is 6.92 Å². The lowest BCUT2D eigenvalue weighted by Crippen LogP contribution is -1.93. The standard InChI is InChI=1S/C13H10N2O2/c1-8-7-10(9-5-3-2-4-6-9)11-12(14-8)17-13(16)15-11/h2-7H,1H3,(H,15,16). The SMILES string of the molecule is Cc1cc(-c2ccccc2)c2[nH]c(=O)oc2n1. The van der Waals surface area contributed by atoms with Gasteiger partial charge in [-0.1, -0.05) is 30.3 Å². The van der Waals surface area contributed by atoms with Gasteiger partial charge < -0.3 is 4.42 Å². The Bertz CT molecular complexity index is 726. The molecule has 3 aromatic rings. The average molecular weight is 226 g/mol. The van der Waals surface area contributed by atoms with Gasteiger partial charge in [0.05, 0.1) is 0 Å². The highest BCUT2D eigenvalue weighted by molar-refractivity contribution is 5.88. The van der Waals surface area contributed by atoms with Crippen LogP contribution < -0.4 is 5.76 Å². The maximum Gasteiger partial charge on any atom is 0.418 e. The van der Waals surface area contributed by atoms with E-state index in [1.54, 1.807) is 0 Å². The van der Waals surface area contributed by atoms with Gasteiger partial charge in [-0.25, -0.2) is 9.78 Å². The zero-order valence-electron chi connectivity index (χ0n) is 9.23. The summed E-state index contributed by atoms with van der Waals surface area (Å²) in [6.45, 7) is 1.87. The normalized spacial score (nSPS) is 10.9. The Morgan fingerprint density at radius 3 is 2.76 bits per heavy atom. The van der Waals surface area contributed by atoms with Crippen LogP contribution >= 0.6 is 0 Å². The molecule has 4 heteroatoms. The van der Waals surface area contributed by atoms with E-state index in [1.165, 1.54) is 0 Å². The Hall–Kier alpha value is -2.36. The average Bonchev–Trinajstić information content (AvgIpc) is 2.69. The van der Waals surface area contributed by atoms with E-state index in [2.05, 4.69) is 9.97 Å². The molecule has 0 saturated heterocycles. The second-order valence-corrected chi connectivity index (χ2v) is 3.87. The van der Waals surface area contributed by atoms with Crippen molar-refractivity contribution < 1.29 is 4.42 Å². The van der Waals surface area contributed by atoms with Crippen LogP contribution in [0.3, 0.4) is 0 Å². The van der Waals surface area contributed by atoms with E-state index in [4.69, 9.17) is 4.42 Å². The molecule has 0 amide bonds. The van der Waals surface area contributed by atoms with Crippen LogP contribution in [0.15, 0.2) is 45.6 Å². The van der Waals surface area contributed by atoms with Gasteiger partial charge in [-0.3, -0.25) is 4.98 Å². The zero-order valence-corrected chi connectivity index (χ0v) is 9.23. The van der Waals surface area contributed by atoms with E-state index >= 15 is 0 Å². The molecule has 0 saturated carbocycles. The molecule has 0 radical (unpaired) electrons. The van der Waals surface area contributed by atoms with Crippen LogP contribution in [0.1, 0.15) is 5.69 Å². The molecule has 0 spiro atoms. The van der Waals surface area contributed by atoms with Crippen molar-refractivity contribution in [2.24, 2.45) is 0 Å². The second kappa shape index (κ2) is 3.59. The van der Waals surface area contributed by atoms with Crippen molar-refractivity contribution in [3.63, 3.8) is 0 Å². The summed E-state index contributed by atoms with van der Waals surface area (Å²) in [5.41, 5.74) is 3.78. The van der Waals surface area contributed by atoms with E-state index in [-0.39, 0.29) is 0 Å². The van der Waals surface area contributed by atoms with Crippen molar-refractivity contribution in [1.82, 2.24) is 9.97 Å². The van der Waals surface area contributed by atoms with Crippen LogP contribution in [0.5, 0.6) is 0 Å². The van der Waals surface area contributed by atoms with Crippen LogP contribution in [0.25, 0.3) is 22.4 Å². The number of oxazole rings is 1. The Morgan fingerprint density at radius 2 is 2.00 bits per heavy atom. The predicted octanol–water partition coefficient (Wildman–Crippen LogP) is 2.49. The quantitative estimate of drug-likeness (QED) is 0.693. The molecule has 1 aromatic carbocycles. The summed E-state index contributed by atoms with van der Waals surface area (Å²) in [7, 11) is 0. The van der Waals surface area contributed by atoms with Crippen molar-refractivity contribution in [3.05, 3.63) is 52.6 Å². The number of benzene rings is 1. The number of rotatable bonds is 1. The highest BCUT2D eigenvalue weighted by atomic mass is 16.4. The van der Waals surface area contributed by atoms with Gasteiger partial charge in [0.15, 0.2) is 0 Å². The number of fused-ring (bicyclic) bond motifs is 1. The molecule has 1 N–H and O–H groups in total. The fraction of sp³-hybridized carbons (Fsp3) is 0.0769. The highest BCUT2D eigenvalue weighted by Crippen LogP contribution is 2.26. The lowest BCUT2D eigenvalue weighted by Gasteiger charge is -2.03. The summed E-state index contributed by atoms with van der Waals surface area (Å²) < 4.78 is 4.99. The van der Waals surface area contributed by atoms with Gasteiger partial charge in [-0.05, 0) is 18.6 Å². The minimum absolute atomic E-state index is 0.355. The summed E-state index contributed by atoms with van der Waals surface area (Å²) in [5, 5.41) is 0. The smallest absolute Gasteiger partial charge is 0.389 e. The van der Waals surface area contributed by atoms with Gasteiger partial charge in [0, 0.05) is 11.3 Å². The molecule has 84 valence electrons. The van der Waals surface area contributed by atoms with Crippen LogP contribution in [0, 0.1) is 6.92 Å². The summed E-state index contributed by atoms with van der Waals surface area (Å²) >= 11 is 0. The van der Waals surface area contributed by atoms with E-state index in [9.17, 15) is 4.79 Å². The number of hydrogen-bond acceptors (Lipinski definition) is 3. The minimum atomic E-state index is -0.477. The Morgan fingerprint density at radius 1 is 1.24 bits per heavy atom.